The predicted molar refractivity (Wildman–Crippen MR) is 129 cm³/mol. The van der Waals surface area contributed by atoms with E-state index in [1.165, 1.54) is 0 Å². The molecule has 32 heavy (non-hydrogen) atoms. The predicted octanol–water partition coefficient (Wildman–Crippen LogP) is 6.52. The lowest BCUT2D eigenvalue weighted by atomic mass is 10.2. The molecule has 1 amide bonds. The van der Waals surface area contributed by atoms with E-state index in [1.54, 1.807) is 30.5 Å². The van der Waals surface area contributed by atoms with Crippen LogP contribution in [0.15, 0.2) is 87.4 Å². The number of halogens is 2. The number of aromatic nitrogens is 2. The van der Waals surface area contributed by atoms with Crippen molar-refractivity contribution in [3.8, 4) is 11.5 Å². The van der Waals surface area contributed by atoms with E-state index >= 15 is 0 Å². The van der Waals surface area contributed by atoms with Crippen molar-refractivity contribution in [2.75, 3.05) is 11.1 Å². The third-order valence-electron chi connectivity index (χ3n) is 4.23. The van der Waals surface area contributed by atoms with Crippen molar-refractivity contribution in [1.29, 1.82) is 0 Å². The van der Waals surface area contributed by atoms with Gasteiger partial charge in [0.05, 0.1) is 22.2 Å². The molecule has 0 radical (unpaired) electrons. The summed E-state index contributed by atoms with van der Waals surface area (Å²) in [5.74, 6) is 0.267. The molecule has 1 N–H and O–H groups in total. The normalized spacial score (nSPS) is 11.1. The lowest BCUT2D eigenvalue weighted by molar-refractivity contribution is -0.113. The summed E-state index contributed by atoms with van der Waals surface area (Å²) in [6.07, 6.45) is 1.76. The zero-order chi connectivity index (χ0) is 22.3. The van der Waals surface area contributed by atoms with Crippen molar-refractivity contribution in [3.05, 3.63) is 88.4 Å². The van der Waals surface area contributed by atoms with Gasteiger partial charge in [0.25, 0.3) is 5.22 Å². The minimum Gasteiger partial charge on any atom is -0.411 e. The number of rotatable bonds is 7. The van der Waals surface area contributed by atoms with Crippen molar-refractivity contribution < 1.29 is 9.21 Å². The largest absolute Gasteiger partial charge is 0.411 e. The minimum absolute atomic E-state index is 0.116. The number of aliphatic imine (C=N–C) groups is 1. The number of benzene rings is 3. The van der Waals surface area contributed by atoms with Gasteiger partial charge in [0.2, 0.25) is 11.8 Å². The number of carbonyl (C=O) groups excluding carboxylic acids is 1. The number of nitrogens with zero attached hydrogens (tertiary/aromatic N) is 3. The lowest BCUT2D eigenvalue weighted by Gasteiger charge is -2.05. The van der Waals surface area contributed by atoms with Gasteiger partial charge in [-0.1, -0.05) is 59.2 Å². The highest BCUT2D eigenvalue weighted by Gasteiger charge is 2.12. The second-order valence-corrected chi connectivity index (χ2v) is 8.32. The summed E-state index contributed by atoms with van der Waals surface area (Å²) in [5.41, 5.74) is 3.06. The quantitative estimate of drug-likeness (QED) is 0.239. The molecule has 3 aromatic carbocycles. The smallest absolute Gasteiger partial charge is 0.277 e. The van der Waals surface area contributed by atoms with E-state index in [-0.39, 0.29) is 11.7 Å². The Bertz CT molecular complexity index is 1240. The standard InChI is InChI=1S/C23H16Cl2N4O2S/c24-17-9-5-15(6-10-17)13-26-18-11-7-16(8-12-18)22-28-29-23(31-22)32-14-21(30)27-20-4-2-1-3-19(20)25/h1-13H,14H2,(H,27,30). The summed E-state index contributed by atoms with van der Waals surface area (Å²) in [6.45, 7) is 0. The van der Waals surface area contributed by atoms with Gasteiger partial charge >= 0.3 is 0 Å². The summed E-state index contributed by atoms with van der Waals surface area (Å²) in [6, 6.07) is 21.9. The molecule has 0 unspecified atom stereocenters. The monoisotopic (exact) mass is 482 g/mol. The Morgan fingerprint density at radius 1 is 1.00 bits per heavy atom. The SMILES string of the molecule is O=C(CSc1nnc(-c2ccc(N=Cc3ccc(Cl)cc3)cc2)o1)Nc1ccccc1Cl. The lowest BCUT2D eigenvalue weighted by Crippen LogP contribution is -2.14. The fourth-order valence-corrected chi connectivity index (χ4v) is 3.52. The average molecular weight is 483 g/mol. The maximum atomic E-state index is 12.1. The van der Waals surface area contributed by atoms with Gasteiger partial charge in [-0.15, -0.1) is 10.2 Å². The maximum absolute atomic E-state index is 12.1. The molecule has 4 aromatic rings. The molecular weight excluding hydrogens is 467 g/mol. The van der Waals surface area contributed by atoms with Crippen LogP contribution in [0.5, 0.6) is 0 Å². The Labute approximate surface area is 198 Å². The van der Waals surface area contributed by atoms with E-state index in [4.69, 9.17) is 27.6 Å². The van der Waals surface area contributed by atoms with Crippen molar-refractivity contribution in [3.63, 3.8) is 0 Å². The van der Waals surface area contributed by atoms with Crippen LogP contribution in [0.1, 0.15) is 5.56 Å². The molecule has 0 bridgehead atoms. The average Bonchev–Trinajstić information content (AvgIpc) is 3.28. The molecule has 0 saturated heterocycles. The van der Waals surface area contributed by atoms with Gasteiger partial charge in [-0.3, -0.25) is 9.79 Å². The van der Waals surface area contributed by atoms with Gasteiger partial charge in [-0.05, 0) is 54.1 Å². The molecule has 0 saturated carbocycles. The zero-order valence-corrected chi connectivity index (χ0v) is 18.9. The molecule has 0 fully saturated rings. The molecule has 0 aliphatic carbocycles. The van der Waals surface area contributed by atoms with Crippen LogP contribution in [-0.2, 0) is 4.79 Å². The fourth-order valence-electron chi connectivity index (χ4n) is 2.65. The summed E-state index contributed by atoms with van der Waals surface area (Å²) < 4.78 is 5.66. The molecule has 0 aliphatic rings. The number of thioether (sulfide) groups is 1. The molecule has 0 spiro atoms. The van der Waals surface area contributed by atoms with Gasteiger partial charge in [0.1, 0.15) is 0 Å². The van der Waals surface area contributed by atoms with Crippen molar-refractivity contribution in [2.45, 2.75) is 5.22 Å². The van der Waals surface area contributed by atoms with E-state index < -0.39 is 0 Å². The molecule has 9 heteroatoms. The van der Waals surface area contributed by atoms with Crippen LogP contribution < -0.4 is 5.32 Å². The number of hydrogen-bond acceptors (Lipinski definition) is 6. The van der Waals surface area contributed by atoms with E-state index in [2.05, 4.69) is 20.5 Å². The third kappa shape index (κ3) is 5.97. The third-order valence-corrected chi connectivity index (χ3v) is 5.63. The summed E-state index contributed by atoms with van der Waals surface area (Å²) in [7, 11) is 0. The van der Waals surface area contributed by atoms with E-state index in [1.807, 2.05) is 48.5 Å². The fraction of sp³-hybridized carbons (Fsp3) is 0.0435. The summed E-state index contributed by atoms with van der Waals surface area (Å²) in [5, 5.41) is 12.3. The van der Waals surface area contributed by atoms with Gasteiger partial charge in [0, 0.05) is 16.8 Å². The molecule has 1 aromatic heterocycles. The van der Waals surface area contributed by atoms with Crippen molar-refractivity contribution >= 4 is 58.5 Å². The van der Waals surface area contributed by atoms with Crippen LogP contribution in [0.3, 0.4) is 0 Å². The highest BCUT2D eigenvalue weighted by Crippen LogP contribution is 2.26. The molecule has 6 nitrogen and oxygen atoms in total. The first-order valence-electron chi connectivity index (χ1n) is 9.47. The molecule has 1 heterocycles. The zero-order valence-electron chi connectivity index (χ0n) is 16.5. The van der Waals surface area contributed by atoms with Gasteiger partial charge in [-0.2, -0.15) is 0 Å². The van der Waals surface area contributed by atoms with Crippen LogP contribution in [0.25, 0.3) is 11.5 Å². The molecule has 4 rings (SSSR count). The number of nitrogens with one attached hydrogen (secondary N) is 1. The highest BCUT2D eigenvalue weighted by atomic mass is 35.5. The molecule has 160 valence electrons. The molecule has 0 aliphatic heterocycles. The Kier molecular flexibility index (Phi) is 7.21. The summed E-state index contributed by atoms with van der Waals surface area (Å²) >= 11 is 13.1. The van der Waals surface area contributed by atoms with Crippen molar-refractivity contribution in [2.24, 2.45) is 4.99 Å². The van der Waals surface area contributed by atoms with Gasteiger partial charge in [0.15, 0.2) is 0 Å². The van der Waals surface area contributed by atoms with E-state index in [9.17, 15) is 4.79 Å². The van der Waals surface area contributed by atoms with Crippen LogP contribution >= 0.6 is 35.0 Å². The van der Waals surface area contributed by atoms with Crippen molar-refractivity contribution in [1.82, 2.24) is 10.2 Å². The Morgan fingerprint density at radius 2 is 1.75 bits per heavy atom. The number of carbonyl (C=O) groups is 1. The Balaban J connectivity index is 1.33. The Morgan fingerprint density at radius 3 is 2.50 bits per heavy atom. The van der Waals surface area contributed by atoms with Gasteiger partial charge < -0.3 is 9.73 Å². The maximum Gasteiger partial charge on any atom is 0.277 e. The van der Waals surface area contributed by atoms with Crippen LogP contribution in [0.2, 0.25) is 10.0 Å². The minimum atomic E-state index is -0.217. The second-order valence-electron chi connectivity index (χ2n) is 6.55. The topological polar surface area (TPSA) is 80.4 Å². The Hall–Kier alpha value is -3.13. The number of amides is 1. The first-order chi connectivity index (χ1) is 15.6. The van der Waals surface area contributed by atoms with Crippen LogP contribution in [0, 0.1) is 0 Å². The molecular formula is C23H16Cl2N4O2S. The number of hydrogen-bond donors (Lipinski definition) is 1. The number of anilines is 1. The summed E-state index contributed by atoms with van der Waals surface area (Å²) in [4.78, 5) is 16.6. The number of para-hydroxylation sites is 1. The second kappa shape index (κ2) is 10.5. The van der Waals surface area contributed by atoms with E-state index in [0.29, 0.717) is 26.8 Å². The van der Waals surface area contributed by atoms with Gasteiger partial charge in [-0.25, -0.2) is 0 Å². The first-order valence-corrected chi connectivity index (χ1v) is 11.2. The van der Waals surface area contributed by atoms with E-state index in [0.717, 1.165) is 28.6 Å². The first kappa shape index (κ1) is 22.1. The van der Waals surface area contributed by atoms with Crippen LogP contribution in [0.4, 0.5) is 11.4 Å². The highest BCUT2D eigenvalue weighted by molar-refractivity contribution is 7.99. The molecule has 0 atom stereocenters. The van der Waals surface area contributed by atoms with Crippen LogP contribution in [-0.4, -0.2) is 28.1 Å².